The quantitative estimate of drug-likeness (QED) is 0.638. The van der Waals surface area contributed by atoms with Gasteiger partial charge in [-0.05, 0) is 38.1 Å². The fourth-order valence-corrected chi connectivity index (χ4v) is 3.23. The summed E-state index contributed by atoms with van der Waals surface area (Å²) in [5.74, 6) is -4.08. The summed E-state index contributed by atoms with van der Waals surface area (Å²) in [5.41, 5.74) is -3.73. The number of rotatable bonds is 4. The largest absolute Gasteiger partial charge is 0.477 e. The van der Waals surface area contributed by atoms with Gasteiger partial charge in [0.25, 0.3) is 0 Å². The highest BCUT2D eigenvalue weighted by Crippen LogP contribution is 2.30. The van der Waals surface area contributed by atoms with E-state index in [9.17, 15) is 36.6 Å². The van der Waals surface area contributed by atoms with Crippen LogP contribution in [0.2, 0.25) is 0 Å². The van der Waals surface area contributed by atoms with Gasteiger partial charge in [-0.1, -0.05) is 0 Å². The van der Waals surface area contributed by atoms with E-state index >= 15 is 0 Å². The first-order chi connectivity index (χ1) is 14.0. The van der Waals surface area contributed by atoms with E-state index in [1.54, 1.807) is 6.92 Å². The van der Waals surface area contributed by atoms with E-state index in [0.717, 1.165) is 24.4 Å². The van der Waals surface area contributed by atoms with Gasteiger partial charge < -0.3 is 9.67 Å². The molecule has 2 aromatic heterocycles. The Morgan fingerprint density at radius 1 is 1.17 bits per heavy atom. The fraction of sp³-hybridized carbons (Fsp3) is 0.211. The number of nitrogens with zero attached hydrogens (tertiary/aromatic N) is 3. The highest BCUT2D eigenvalue weighted by atomic mass is 19.4. The van der Waals surface area contributed by atoms with Gasteiger partial charge in [0, 0.05) is 24.0 Å². The molecule has 2 heterocycles. The zero-order valence-corrected chi connectivity index (χ0v) is 15.6. The Bertz CT molecular complexity index is 1210. The van der Waals surface area contributed by atoms with Crippen molar-refractivity contribution in [1.82, 2.24) is 14.3 Å². The number of hydrogen-bond donors (Lipinski definition) is 1. The number of aromatic nitrogens is 3. The topological polar surface area (TPSA) is 77.1 Å². The highest BCUT2D eigenvalue weighted by molar-refractivity contribution is 5.95. The van der Waals surface area contributed by atoms with E-state index < -0.39 is 46.2 Å². The summed E-state index contributed by atoms with van der Waals surface area (Å²) in [6, 6.07) is 3.30. The molecule has 0 saturated carbocycles. The third-order valence-corrected chi connectivity index (χ3v) is 4.53. The number of carboxylic acid groups (broad SMARTS) is 1. The maximum Gasteiger partial charge on any atom is 0.435 e. The summed E-state index contributed by atoms with van der Waals surface area (Å²) >= 11 is 0. The van der Waals surface area contributed by atoms with E-state index in [1.165, 1.54) is 11.5 Å². The van der Waals surface area contributed by atoms with Gasteiger partial charge in [0.1, 0.15) is 11.3 Å². The predicted octanol–water partition coefficient (Wildman–Crippen LogP) is 4.02. The Hall–Kier alpha value is -3.50. The molecule has 0 amide bonds. The van der Waals surface area contributed by atoms with Crippen LogP contribution in [-0.4, -0.2) is 25.4 Å². The molecule has 0 bridgehead atoms. The lowest BCUT2D eigenvalue weighted by Crippen LogP contribution is -2.28. The Labute approximate surface area is 165 Å². The number of alkyl halides is 3. The second kappa shape index (κ2) is 7.39. The molecule has 0 unspecified atom stereocenters. The lowest BCUT2D eigenvalue weighted by Gasteiger charge is -2.21. The minimum absolute atomic E-state index is 0.0728. The first kappa shape index (κ1) is 21.2. The van der Waals surface area contributed by atoms with Crippen LogP contribution in [0.15, 0.2) is 35.3 Å². The molecule has 1 N–H and O–H groups in total. The lowest BCUT2D eigenvalue weighted by atomic mass is 10.0. The molecule has 11 heteroatoms. The van der Waals surface area contributed by atoms with Gasteiger partial charge in [-0.3, -0.25) is 4.79 Å². The van der Waals surface area contributed by atoms with Crippen molar-refractivity contribution in [3.63, 3.8) is 0 Å². The van der Waals surface area contributed by atoms with Crippen molar-refractivity contribution < 1.29 is 31.9 Å². The Balaban J connectivity index is 2.40. The zero-order valence-electron chi connectivity index (χ0n) is 15.6. The summed E-state index contributed by atoms with van der Waals surface area (Å²) in [5, 5.41) is 13.0. The molecular weight excluding hydrogens is 413 g/mol. The van der Waals surface area contributed by atoms with E-state index in [2.05, 4.69) is 5.10 Å². The van der Waals surface area contributed by atoms with Gasteiger partial charge in [0.05, 0.1) is 5.69 Å². The van der Waals surface area contributed by atoms with Gasteiger partial charge in [-0.15, -0.1) is 0 Å². The van der Waals surface area contributed by atoms with Gasteiger partial charge >= 0.3 is 12.1 Å². The smallest absolute Gasteiger partial charge is 0.435 e. The monoisotopic (exact) mass is 427 g/mol. The fourth-order valence-electron chi connectivity index (χ4n) is 3.23. The Morgan fingerprint density at radius 2 is 1.83 bits per heavy atom. The molecule has 0 aliphatic rings. The summed E-state index contributed by atoms with van der Waals surface area (Å²) in [6.07, 6.45) is -3.86. The van der Waals surface area contributed by atoms with E-state index in [4.69, 9.17) is 0 Å². The molecule has 30 heavy (non-hydrogen) atoms. The normalized spacial score (nSPS) is 11.7. The molecule has 3 aromatic rings. The van der Waals surface area contributed by atoms with Crippen molar-refractivity contribution in [3.05, 3.63) is 69.3 Å². The van der Waals surface area contributed by atoms with Crippen molar-refractivity contribution >= 4 is 5.97 Å². The molecule has 6 nitrogen and oxygen atoms in total. The summed E-state index contributed by atoms with van der Waals surface area (Å²) in [6.45, 7) is 3.08. The molecular formula is C19H14F5N3O3. The molecule has 0 aliphatic heterocycles. The third kappa shape index (κ3) is 3.46. The number of aromatic carboxylic acids is 1. The maximum atomic E-state index is 13.8. The number of carboxylic acids is 1. The zero-order chi connectivity index (χ0) is 22.4. The van der Waals surface area contributed by atoms with E-state index in [0.29, 0.717) is 10.7 Å². The number of halogens is 5. The average Bonchev–Trinajstić information content (AvgIpc) is 3.13. The van der Waals surface area contributed by atoms with Crippen molar-refractivity contribution in [2.75, 3.05) is 0 Å². The molecule has 0 saturated heterocycles. The molecule has 0 atom stereocenters. The molecule has 0 radical (unpaired) electrons. The highest BCUT2D eigenvalue weighted by Gasteiger charge is 2.34. The number of pyridine rings is 1. The van der Waals surface area contributed by atoms with Crippen molar-refractivity contribution in [2.45, 2.75) is 26.6 Å². The van der Waals surface area contributed by atoms with Crippen LogP contribution in [0.1, 0.15) is 28.7 Å². The number of carbonyl (C=O) groups is 1. The minimum Gasteiger partial charge on any atom is -0.477 e. The van der Waals surface area contributed by atoms with Gasteiger partial charge in [0.15, 0.2) is 17.3 Å². The van der Waals surface area contributed by atoms with Crippen LogP contribution in [0.5, 0.6) is 0 Å². The van der Waals surface area contributed by atoms with Crippen LogP contribution in [-0.2, 0) is 12.7 Å². The van der Waals surface area contributed by atoms with Gasteiger partial charge in [-0.2, -0.15) is 18.3 Å². The second-order valence-electron chi connectivity index (χ2n) is 6.31. The molecule has 0 spiro atoms. The predicted molar refractivity (Wildman–Crippen MR) is 95.5 cm³/mol. The van der Waals surface area contributed by atoms with E-state index in [1.807, 2.05) is 0 Å². The standard InChI is InChI=1S/C19H14F5N3O3/c1-3-26-9(2)15(27-7-6-13(25-27)19(22,23)24)17(28)14(18(29)30)16(26)10-4-5-11(20)12(21)8-10/h4-8H,3H2,1-2H3,(H,29,30). The minimum atomic E-state index is -4.76. The summed E-state index contributed by atoms with van der Waals surface area (Å²) in [7, 11) is 0. The average molecular weight is 427 g/mol. The Kier molecular flexibility index (Phi) is 5.23. The SMILES string of the molecule is CCn1c(C)c(-n2ccc(C(F)(F)F)n2)c(=O)c(C(=O)O)c1-c1ccc(F)c(F)c1. The van der Waals surface area contributed by atoms with Crippen molar-refractivity contribution in [3.8, 4) is 16.9 Å². The molecule has 158 valence electrons. The van der Waals surface area contributed by atoms with E-state index in [-0.39, 0.29) is 23.5 Å². The van der Waals surface area contributed by atoms with Crippen LogP contribution in [0.25, 0.3) is 16.9 Å². The molecule has 0 aliphatic carbocycles. The van der Waals surface area contributed by atoms with Crippen LogP contribution >= 0.6 is 0 Å². The third-order valence-electron chi connectivity index (χ3n) is 4.53. The number of benzene rings is 1. The van der Waals surface area contributed by atoms with Crippen LogP contribution < -0.4 is 5.43 Å². The lowest BCUT2D eigenvalue weighted by molar-refractivity contribution is -0.141. The van der Waals surface area contributed by atoms with Crippen molar-refractivity contribution in [2.24, 2.45) is 0 Å². The molecule has 3 rings (SSSR count). The van der Waals surface area contributed by atoms with Crippen LogP contribution in [0, 0.1) is 18.6 Å². The van der Waals surface area contributed by atoms with Crippen molar-refractivity contribution in [1.29, 1.82) is 0 Å². The maximum absolute atomic E-state index is 13.8. The van der Waals surface area contributed by atoms with Crippen LogP contribution in [0.3, 0.4) is 0 Å². The van der Waals surface area contributed by atoms with Gasteiger partial charge in [0.2, 0.25) is 5.43 Å². The number of hydrogen-bond acceptors (Lipinski definition) is 3. The van der Waals surface area contributed by atoms with Crippen LogP contribution in [0.4, 0.5) is 22.0 Å². The molecule has 0 fully saturated rings. The first-order valence-corrected chi connectivity index (χ1v) is 8.56. The Morgan fingerprint density at radius 3 is 2.33 bits per heavy atom. The first-order valence-electron chi connectivity index (χ1n) is 8.56. The second-order valence-corrected chi connectivity index (χ2v) is 6.31. The van der Waals surface area contributed by atoms with Gasteiger partial charge in [-0.25, -0.2) is 18.3 Å². The summed E-state index contributed by atoms with van der Waals surface area (Å²) < 4.78 is 67.8. The molecule has 1 aromatic carbocycles. The summed E-state index contributed by atoms with van der Waals surface area (Å²) in [4.78, 5) is 24.9.